The summed E-state index contributed by atoms with van der Waals surface area (Å²) in [6.45, 7) is -0.969. The molecule has 0 aliphatic carbocycles. The molecule has 1 aliphatic heterocycles. The number of hydrogen-bond acceptors (Lipinski definition) is 2. The molecule has 1 heterocycles. The molecular formula is C11H11F2NO2. The first-order valence-corrected chi connectivity index (χ1v) is 4.90. The van der Waals surface area contributed by atoms with Crippen molar-refractivity contribution in [1.29, 1.82) is 0 Å². The van der Waals surface area contributed by atoms with Gasteiger partial charge in [0.05, 0.1) is 13.1 Å². The number of likely N-dealkylation sites (tertiary alicyclic amines) is 1. The molecule has 0 aromatic heterocycles. The van der Waals surface area contributed by atoms with Gasteiger partial charge in [-0.2, -0.15) is 0 Å². The van der Waals surface area contributed by atoms with Gasteiger partial charge in [-0.15, -0.1) is 0 Å². The van der Waals surface area contributed by atoms with Crippen molar-refractivity contribution in [3.8, 4) is 0 Å². The van der Waals surface area contributed by atoms with Gasteiger partial charge in [0.1, 0.15) is 6.61 Å². The lowest BCUT2D eigenvalue weighted by atomic mass is 10.2. The number of ether oxygens (including phenoxy) is 1. The maximum atomic E-state index is 12.5. The first-order valence-electron chi connectivity index (χ1n) is 4.90. The van der Waals surface area contributed by atoms with Crippen molar-refractivity contribution in [2.75, 3.05) is 13.1 Å². The Hall–Kier alpha value is -1.65. The Bertz CT molecular complexity index is 373. The summed E-state index contributed by atoms with van der Waals surface area (Å²) in [5, 5.41) is 0. The van der Waals surface area contributed by atoms with E-state index >= 15 is 0 Å². The third-order valence-corrected chi connectivity index (χ3v) is 2.31. The average Bonchev–Trinajstić information content (AvgIpc) is 2.24. The van der Waals surface area contributed by atoms with Crippen LogP contribution in [0.4, 0.5) is 13.6 Å². The van der Waals surface area contributed by atoms with Crippen LogP contribution in [0.3, 0.4) is 0 Å². The molecule has 0 unspecified atom stereocenters. The number of carbonyl (C=O) groups is 1. The van der Waals surface area contributed by atoms with E-state index in [0.29, 0.717) is 0 Å². The largest absolute Gasteiger partial charge is 0.445 e. The van der Waals surface area contributed by atoms with Crippen molar-refractivity contribution < 1.29 is 18.3 Å². The summed E-state index contributed by atoms with van der Waals surface area (Å²) < 4.78 is 29.8. The van der Waals surface area contributed by atoms with Gasteiger partial charge in [0.25, 0.3) is 5.92 Å². The van der Waals surface area contributed by atoms with Crippen molar-refractivity contribution in [3.63, 3.8) is 0 Å². The zero-order chi connectivity index (χ0) is 11.6. The van der Waals surface area contributed by atoms with Crippen molar-refractivity contribution in [3.05, 3.63) is 35.9 Å². The second-order valence-corrected chi connectivity index (χ2v) is 3.75. The highest BCUT2D eigenvalue weighted by atomic mass is 19.3. The predicted molar refractivity (Wildman–Crippen MR) is 53.1 cm³/mol. The fraction of sp³-hybridized carbons (Fsp3) is 0.364. The molecule has 0 spiro atoms. The van der Waals surface area contributed by atoms with Crippen LogP contribution in [0.5, 0.6) is 0 Å². The van der Waals surface area contributed by atoms with Gasteiger partial charge in [0.2, 0.25) is 0 Å². The summed E-state index contributed by atoms with van der Waals surface area (Å²) in [4.78, 5) is 12.2. The van der Waals surface area contributed by atoms with Crippen LogP contribution >= 0.6 is 0 Å². The highest BCUT2D eigenvalue weighted by Crippen LogP contribution is 2.27. The van der Waals surface area contributed by atoms with Crippen LogP contribution in [-0.4, -0.2) is 30.0 Å². The van der Waals surface area contributed by atoms with E-state index in [1.807, 2.05) is 18.2 Å². The molecular weight excluding hydrogens is 216 g/mol. The van der Waals surface area contributed by atoms with Crippen LogP contribution in [0.15, 0.2) is 30.3 Å². The van der Waals surface area contributed by atoms with E-state index in [0.717, 1.165) is 10.5 Å². The topological polar surface area (TPSA) is 29.5 Å². The van der Waals surface area contributed by atoms with E-state index in [-0.39, 0.29) is 6.61 Å². The molecule has 86 valence electrons. The van der Waals surface area contributed by atoms with E-state index < -0.39 is 25.1 Å². The Morgan fingerprint density at radius 3 is 2.50 bits per heavy atom. The molecule has 1 aromatic rings. The molecule has 2 rings (SSSR count). The van der Waals surface area contributed by atoms with Gasteiger partial charge in [0.15, 0.2) is 0 Å². The average molecular weight is 227 g/mol. The second kappa shape index (κ2) is 4.08. The normalized spacial score (nSPS) is 17.8. The minimum absolute atomic E-state index is 0.113. The highest BCUT2D eigenvalue weighted by Gasteiger charge is 2.47. The number of nitrogens with zero attached hydrogens (tertiary/aromatic N) is 1. The quantitative estimate of drug-likeness (QED) is 0.775. The Balaban J connectivity index is 1.77. The van der Waals surface area contributed by atoms with Crippen LogP contribution in [0.2, 0.25) is 0 Å². The van der Waals surface area contributed by atoms with E-state index in [9.17, 15) is 13.6 Å². The molecule has 1 amide bonds. The number of alkyl halides is 2. The summed E-state index contributed by atoms with van der Waals surface area (Å²) in [5.41, 5.74) is 0.836. The zero-order valence-corrected chi connectivity index (χ0v) is 8.53. The lowest BCUT2D eigenvalue weighted by Crippen LogP contribution is -2.58. The van der Waals surface area contributed by atoms with E-state index in [4.69, 9.17) is 4.74 Å². The number of carbonyl (C=O) groups excluding carboxylic acids is 1. The third kappa shape index (κ3) is 2.48. The monoisotopic (exact) mass is 227 g/mol. The standard InChI is InChI=1S/C11H11F2NO2/c12-11(13)7-14(8-11)10(15)16-6-9-4-2-1-3-5-9/h1-5H,6-8H2. The Morgan fingerprint density at radius 1 is 1.31 bits per heavy atom. The van der Waals surface area contributed by atoms with Crippen molar-refractivity contribution in [1.82, 2.24) is 4.90 Å². The number of benzene rings is 1. The first-order chi connectivity index (χ1) is 7.57. The van der Waals surface area contributed by atoms with Gasteiger partial charge in [-0.05, 0) is 5.56 Å². The van der Waals surface area contributed by atoms with Gasteiger partial charge in [-0.1, -0.05) is 30.3 Å². The molecule has 1 fully saturated rings. The molecule has 1 aromatic carbocycles. The second-order valence-electron chi connectivity index (χ2n) is 3.75. The molecule has 0 N–H and O–H groups in total. The van der Waals surface area contributed by atoms with Gasteiger partial charge >= 0.3 is 6.09 Å². The summed E-state index contributed by atoms with van der Waals surface area (Å²) >= 11 is 0. The van der Waals surface area contributed by atoms with Crippen LogP contribution < -0.4 is 0 Å². The van der Waals surface area contributed by atoms with Crippen LogP contribution in [0.1, 0.15) is 5.56 Å². The summed E-state index contributed by atoms with van der Waals surface area (Å²) in [7, 11) is 0. The van der Waals surface area contributed by atoms with Crippen LogP contribution in [0.25, 0.3) is 0 Å². The lowest BCUT2D eigenvalue weighted by Gasteiger charge is -2.37. The minimum Gasteiger partial charge on any atom is -0.445 e. The number of halogens is 2. The summed E-state index contributed by atoms with van der Waals surface area (Å²) in [6.07, 6.45) is -0.685. The van der Waals surface area contributed by atoms with Crippen LogP contribution in [-0.2, 0) is 11.3 Å². The summed E-state index contributed by atoms with van der Waals surface area (Å²) in [5.74, 6) is -2.74. The van der Waals surface area contributed by atoms with E-state index in [2.05, 4.69) is 0 Å². The van der Waals surface area contributed by atoms with E-state index in [1.54, 1.807) is 12.1 Å². The van der Waals surface area contributed by atoms with Crippen LogP contribution in [0, 0.1) is 0 Å². The number of rotatable bonds is 2. The van der Waals surface area contributed by atoms with Gasteiger partial charge in [-0.3, -0.25) is 4.90 Å². The molecule has 1 saturated heterocycles. The summed E-state index contributed by atoms with van der Waals surface area (Å²) in [6, 6.07) is 9.10. The molecule has 1 aliphatic rings. The SMILES string of the molecule is O=C(OCc1ccccc1)N1CC(F)(F)C1. The Morgan fingerprint density at radius 2 is 1.94 bits per heavy atom. The van der Waals surface area contributed by atoms with Crippen molar-refractivity contribution >= 4 is 6.09 Å². The smallest absolute Gasteiger partial charge is 0.410 e. The third-order valence-electron chi connectivity index (χ3n) is 2.31. The minimum atomic E-state index is -2.74. The number of hydrogen-bond donors (Lipinski definition) is 0. The Kier molecular flexibility index (Phi) is 2.77. The Labute approximate surface area is 91.6 Å². The molecule has 5 heteroatoms. The molecule has 0 saturated carbocycles. The molecule has 16 heavy (non-hydrogen) atoms. The molecule has 0 atom stereocenters. The predicted octanol–water partition coefficient (Wildman–Crippen LogP) is 2.27. The van der Waals surface area contributed by atoms with Gasteiger partial charge < -0.3 is 4.74 Å². The molecule has 0 bridgehead atoms. The molecule has 3 nitrogen and oxygen atoms in total. The molecule has 0 radical (unpaired) electrons. The fourth-order valence-electron chi connectivity index (χ4n) is 1.45. The highest BCUT2D eigenvalue weighted by molar-refractivity contribution is 5.69. The fourth-order valence-corrected chi connectivity index (χ4v) is 1.45. The lowest BCUT2D eigenvalue weighted by molar-refractivity contribution is -0.120. The van der Waals surface area contributed by atoms with E-state index in [1.165, 1.54) is 0 Å². The van der Waals surface area contributed by atoms with Gasteiger partial charge in [0, 0.05) is 0 Å². The number of amides is 1. The van der Waals surface area contributed by atoms with Crippen molar-refractivity contribution in [2.24, 2.45) is 0 Å². The zero-order valence-electron chi connectivity index (χ0n) is 8.53. The van der Waals surface area contributed by atoms with Gasteiger partial charge in [-0.25, -0.2) is 13.6 Å². The van der Waals surface area contributed by atoms with Crippen molar-refractivity contribution in [2.45, 2.75) is 12.5 Å². The maximum absolute atomic E-state index is 12.5. The first kappa shape index (κ1) is 10.9. The maximum Gasteiger partial charge on any atom is 0.410 e.